The fourth-order valence-corrected chi connectivity index (χ4v) is 3.03. The molecule has 0 radical (unpaired) electrons. The molecule has 2 heterocycles. The molecule has 0 spiro atoms. The highest BCUT2D eigenvalue weighted by Gasteiger charge is 2.26. The van der Waals surface area contributed by atoms with Crippen molar-refractivity contribution in [1.82, 2.24) is 9.88 Å². The highest BCUT2D eigenvalue weighted by Crippen LogP contribution is 2.21. The van der Waals surface area contributed by atoms with Gasteiger partial charge in [-0.2, -0.15) is 0 Å². The van der Waals surface area contributed by atoms with Crippen LogP contribution in [-0.4, -0.2) is 48.0 Å². The number of piperazine rings is 1. The fourth-order valence-electron chi connectivity index (χ4n) is 2.84. The van der Waals surface area contributed by atoms with Gasteiger partial charge in [-0.3, -0.25) is 9.69 Å². The molecule has 0 aliphatic carbocycles. The summed E-state index contributed by atoms with van der Waals surface area (Å²) in [6.07, 6.45) is 1.81. The predicted molar refractivity (Wildman–Crippen MR) is 97.6 cm³/mol. The lowest BCUT2D eigenvalue weighted by atomic mass is 10.2. The summed E-state index contributed by atoms with van der Waals surface area (Å²) in [6, 6.07) is 13.0. The Balaban J connectivity index is 1.56. The first-order valence-corrected chi connectivity index (χ1v) is 8.48. The third-order valence-corrected chi connectivity index (χ3v) is 4.68. The van der Waals surface area contributed by atoms with E-state index in [4.69, 9.17) is 11.6 Å². The molecule has 0 bridgehead atoms. The molecule has 1 amide bonds. The van der Waals surface area contributed by atoms with Gasteiger partial charge in [-0.15, -0.1) is 0 Å². The lowest BCUT2D eigenvalue weighted by molar-refractivity contribution is -0.120. The molecular formula is C18H21ClN4O. The van der Waals surface area contributed by atoms with Gasteiger partial charge in [0.15, 0.2) is 0 Å². The van der Waals surface area contributed by atoms with Crippen LogP contribution in [0.15, 0.2) is 48.7 Å². The van der Waals surface area contributed by atoms with E-state index in [-0.39, 0.29) is 11.9 Å². The van der Waals surface area contributed by atoms with Crippen LogP contribution < -0.4 is 10.2 Å². The standard InChI is InChI=1S/C18H21ClN4O/c1-14(18(24)21-16-7-3-2-6-15(16)19)22-10-12-23(13-11-22)17-8-4-5-9-20-17/h2-9,14H,10-13H2,1H3,(H,21,24)/t14-/m1/s1. The van der Waals surface area contributed by atoms with Crippen molar-refractivity contribution in [2.45, 2.75) is 13.0 Å². The number of anilines is 2. The molecule has 24 heavy (non-hydrogen) atoms. The van der Waals surface area contributed by atoms with Crippen LogP contribution in [0, 0.1) is 0 Å². The fraction of sp³-hybridized carbons (Fsp3) is 0.333. The second kappa shape index (κ2) is 7.64. The minimum absolute atomic E-state index is 0.0330. The number of aromatic nitrogens is 1. The maximum Gasteiger partial charge on any atom is 0.241 e. The third-order valence-electron chi connectivity index (χ3n) is 4.35. The molecule has 2 aromatic rings. The van der Waals surface area contributed by atoms with E-state index in [1.54, 1.807) is 12.3 Å². The third kappa shape index (κ3) is 3.86. The smallest absolute Gasteiger partial charge is 0.241 e. The van der Waals surface area contributed by atoms with Crippen LogP contribution in [0.25, 0.3) is 0 Å². The molecule has 1 atom stereocenters. The van der Waals surface area contributed by atoms with Crippen molar-refractivity contribution >= 4 is 29.0 Å². The molecule has 1 aliphatic rings. The van der Waals surface area contributed by atoms with Gasteiger partial charge in [0, 0.05) is 32.4 Å². The number of hydrogen-bond donors (Lipinski definition) is 1. The molecule has 1 aromatic carbocycles. The monoisotopic (exact) mass is 344 g/mol. The molecule has 1 fully saturated rings. The Hall–Kier alpha value is -2.11. The van der Waals surface area contributed by atoms with E-state index in [0.29, 0.717) is 10.7 Å². The number of para-hydroxylation sites is 1. The number of halogens is 1. The number of rotatable bonds is 4. The SMILES string of the molecule is C[C@H](C(=O)Nc1ccccc1Cl)N1CCN(c2ccccn2)CC1. The summed E-state index contributed by atoms with van der Waals surface area (Å²) >= 11 is 6.10. The lowest BCUT2D eigenvalue weighted by Gasteiger charge is -2.37. The summed E-state index contributed by atoms with van der Waals surface area (Å²) in [4.78, 5) is 21.3. The maximum absolute atomic E-state index is 12.5. The van der Waals surface area contributed by atoms with Crippen LogP contribution in [0.5, 0.6) is 0 Å². The van der Waals surface area contributed by atoms with Gasteiger partial charge in [-0.05, 0) is 31.2 Å². The van der Waals surface area contributed by atoms with Gasteiger partial charge in [-0.25, -0.2) is 4.98 Å². The van der Waals surface area contributed by atoms with Crippen LogP contribution >= 0.6 is 11.6 Å². The largest absolute Gasteiger partial charge is 0.354 e. The first-order valence-electron chi connectivity index (χ1n) is 8.10. The van der Waals surface area contributed by atoms with Crippen molar-refractivity contribution in [2.24, 2.45) is 0 Å². The second-order valence-corrected chi connectivity index (χ2v) is 6.26. The Labute approximate surface area is 147 Å². The molecule has 0 unspecified atom stereocenters. The first kappa shape index (κ1) is 16.7. The van der Waals surface area contributed by atoms with Crippen molar-refractivity contribution in [3.8, 4) is 0 Å². The predicted octanol–water partition coefficient (Wildman–Crippen LogP) is 2.88. The van der Waals surface area contributed by atoms with Crippen LogP contribution in [0.4, 0.5) is 11.5 Å². The number of hydrogen-bond acceptors (Lipinski definition) is 4. The molecule has 6 heteroatoms. The van der Waals surface area contributed by atoms with Crippen LogP contribution in [0.2, 0.25) is 5.02 Å². The topological polar surface area (TPSA) is 48.5 Å². The summed E-state index contributed by atoms with van der Waals surface area (Å²) in [6.45, 7) is 5.31. The minimum atomic E-state index is -0.202. The van der Waals surface area contributed by atoms with Crippen molar-refractivity contribution in [2.75, 3.05) is 36.4 Å². The zero-order valence-electron chi connectivity index (χ0n) is 13.7. The van der Waals surface area contributed by atoms with Crippen molar-refractivity contribution in [1.29, 1.82) is 0 Å². The Morgan fingerprint density at radius 3 is 2.50 bits per heavy atom. The number of benzene rings is 1. The molecule has 126 valence electrons. The molecular weight excluding hydrogens is 324 g/mol. The summed E-state index contributed by atoms with van der Waals surface area (Å²) in [5.41, 5.74) is 0.656. The van der Waals surface area contributed by atoms with Crippen molar-refractivity contribution in [3.63, 3.8) is 0 Å². The number of pyridine rings is 1. The maximum atomic E-state index is 12.5. The van der Waals surface area contributed by atoms with E-state index < -0.39 is 0 Å². The highest BCUT2D eigenvalue weighted by atomic mass is 35.5. The Morgan fingerprint density at radius 1 is 1.12 bits per heavy atom. The zero-order valence-corrected chi connectivity index (χ0v) is 14.4. The Bertz CT molecular complexity index is 686. The average molecular weight is 345 g/mol. The van der Waals surface area contributed by atoms with E-state index in [1.807, 2.05) is 43.3 Å². The number of amides is 1. The number of nitrogens with zero attached hydrogens (tertiary/aromatic N) is 3. The molecule has 1 N–H and O–H groups in total. The van der Waals surface area contributed by atoms with Gasteiger partial charge < -0.3 is 10.2 Å². The average Bonchev–Trinajstić information content (AvgIpc) is 2.64. The van der Waals surface area contributed by atoms with Crippen LogP contribution in [-0.2, 0) is 4.79 Å². The number of carbonyl (C=O) groups excluding carboxylic acids is 1. The molecule has 1 aliphatic heterocycles. The Kier molecular flexibility index (Phi) is 5.33. The van der Waals surface area contributed by atoms with E-state index >= 15 is 0 Å². The summed E-state index contributed by atoms with van der Waals surface area (Å²) in [7, 11) is 0. The van der Waals surface area contributed by atoms with Gasteiger partial charge in [0.2, 0.25) is 5.91 Å². The summed E-state index contributed by atoms with van der Waals surface area (Å²) in [5.74, 6) is 0.958. The number of nitrogens with one attached hydrogen (secondary N) is 1. The van der Waals surface area contributed by atoms with Crippen molar-refractivity contribution in [3.05, 3.63) is 53.7 Å². The highest BCUT2D eigenvalue weighted by molar-refractivity contribution is 6.33. The lowest BCUT2D eigenvalue weighted by Crippen LogP contribution is -2.53. The zero-order chi connectivity index (χ0) is 16.9. The molecule has 0 saturated carbocycles. The van der Waals surface area contributed by atoms with Gasteiger partial charge in [0.1, 0.15) is 5.82 Å². The van der Waals surface area contributed by atoms with E-state index in [9.17, 15) is 4.79 Å². The molecule has 1 aromatic heterocycles. The molecule has 1 saturated heterocycles. The normalized spacial score (nSPS) is 16.7. The minimum Gasteiger partial charge on any atom is -0.354 e. The van der Waals surface area contributed by atoms with Crippen molar-refractivity contribution < 1.29 is 4.79 Å². The molecule has 3 rings (SSSR count). The van der Waals surface area contributed by atoms with Gasteiger partial charge in [0.25, 0.3) is 0 Å². The summed E-state index contributed by atoms with van der Waals surface area (Å²) < 4.78 is 0. The molecule has 5 nitrogen and oxygen atoms in total. The van der Waals surface area contributed by atoms with Gasteiger partial charge in [0.05, 0.1) is 16.8 Å². The quantitative estimate of drug-likeness (QED) is 0.926. The van der Waals surface area contributed by atoms with E-state index in [1.165, 1.54) is 0 Å². The Morgan fingerprint density at radius 2 is 1.83 bits per heavy atom. The first-order chi connectivity index (χ1) is 11.6. The van der Waals surface area contributed by atoms with Gasteiger partial charge >= 0.3 is 0 Å². The second-order valence-electron chi connectivity index (χ2n) is 5.86. The van der Waals surface area contributed by atoms with Gasteiger partial charge in [-0.1, -0.05) is 29.8 Å². The van der Waals surface area contributed by atoms with Crippen LogP contribution in [0.3, 0.4) is 0 Å². The summed E-state index contributed by atoms with van der Waals surface area (Å²) in [5, 5.41) is 3.47. The number of carbonyl (C=O) groups is 1. The van der Waals surface area contributed by atoms with E-state index in [2.05, 4.69) is 20.1 Å². The van der Waals surface area contributed by atoms with E-state index in [0.717, 1.165) is 32.0 Å². The van der Waals surface area contributed by atoms with Crippen LogP contribution in [0.1, 0.15) is 6.92 Å².